The van der Waals surface area contributed by atoms with Gasteiger partial charge in [0.25, 0.3) is 0 Å². The molecule has 1 heterocycles. The van der Waals surface area contributed by atoms with Gasteiger partial charge in [-0.3, -0.25) is 0 Å². The number of fused-ring (bicyclic) bond motifs is 1. The SMILES string of the molecule is Cc1ccc(C)c2c1NCC(C)(C)S2(=O)=O. The smallest absolute Gasteiger partial charge is 0.187 e. The fourth-order valence-electron chi connectivity index (χ4n) is 2.02. The van der Waals surface area contributed by atoms with Crippen molar-refractivity contribution >= 4 is 15.5 Å². The molecule has 16 heavy (non-hydrogen) atoms. The minimum atomic E-state index is -3.24. The number of benzene rings is 1. The van der Waals surface area contributed by atoms with Crippen LogP contribution in [0.5, 0.6) is 0 Å². The number of sulfone groups is 1. The molecule has 0 bridgehead atoms. The van der Waals surface area contributed by atoms with E-state index in [4.69, 9.17) is 0 Å². The van der Waals surface area contributed by atoms with Crippen LogP contribution in [-0.2, 0) is 9.84 Å². The van der Waals surface area contributed by atoms with Crippen molar-refractivity contribution in [2.75, 3.05) is 11.9 Å². The predicted molar refractivity (Wildman–Crippen MR) is 65.7 cm³/mol. The molecule has 1 N–H and O–H groups in total. The topological polar surface area (TPSA) is 46.2 Å². The molecule has 0 fully saturated rings. The van der Waals surface area contributed by atoms with Crippen molar-refractivity contribution in [3.05, 3.63) is 23.3 Å². The maximum absolute atomic E-state index is 12.5. The Morgan fingerprint density at radius 2 is 1.75 bits per heavy atom. The lowest BCUT2D eigenvalue weighted by atomic mass is 10.1. The van der Waals surface area contributed by atoms with E-state index in [2.05, 4.69) is 5.32 Å². The van der Waals surface area contributed by atoms with Crippen molar-refractivity contribution in [3.8, 4) is 0 Å². The summed E-state index contributed by atoms with van der Waals surface area (Å²) in [6, 6.07) is 3.82. The summed E-state index contributed by atoms with van der Waals surface area (Å²) in [7, 11) is -3.24. The minimum Gasteiger partial charge on any atom is -0.382 e. The van der Waals surface area contributed by atoms with Gasteiger partial charge in [-0.15, -0.1) is 0 Å². The van der Waals surface area contributed by atoms with E-state index in [1.807, 2.05) is 26.0 Å². The van der Waals surface area contributed by atoms with Crippen molar-refractivity contribution < 1.29 is 8.42 Å². The van der Waals surface area contributed by atoms with Gasteiger partial charge in [0.1, 0.15) is 0 Å². The third kappa shape index (κ3) is 1.36. The zero-order chi connectivity index (χ0) is 12.1. The van der Waals surface area contributed by atoms with Crippen LogP contribution < -0.4 is 5.32 Å². The molecule has 0 unspecified atom stereocenters. The lowest BCUT2D eigenvalue weighted by Gasteiger charge is -2.33. The molecule has 0 saturated carbocycles. The van der Waals surface area contributed by atoms with Crippen molar-refractivity contribution in [1.82, 2.24) is 0 Å². The van der Waals surface area contributed by atoms with E-state index < -0.39 is 14.6 Å². The molecule has 2 rings (SSSR count). The largest absolute Gasteiger partial charge is 0.382 e. The summed E-state index contributed by atoms with van der Waals surface area (Å²) in [4.78, 5) is 0.476. The fourth-order valence-corrected chi connectivity index (χ4v) is 3.83. The molecule has 4 heteroatoms. The Bertz CT molecular complexity index is 544. The monoisotopic (exact) mass is 239 g/mol. The van der Waals surface area contributed by atoms with Crippen molar-refractivity contribution in [2.45, 2.75) is 37.3 Å². The Morgan fingerprint density at radius 3 is 2.38 bits per heavy atom. The van der Waals surface area contributed by atoms with Gasteiger partial charge in [-0.05, 0) is 38.8 Å². The van der Waals surface area contributed by atoms with Crippen LogP contribution in [0.4, 0.5) is 5.69 Å². The Balaban J connectivity index is 2.83. The third-order valence-electron chi connectivity index (χ3n) is 3.25. The highest BCUT2D eigenvalue weighted by molar-refractivity contribution is 7.93. The van der Waals surface area contributed by atoms with Crippen LogP contribution in [0, 0.1) is 13.8 Å². The summed E-state index contributed by atoms with van der Waals surface area (Å²) in [5.41, 5.74) is 2.58. The number of anilines is 1. The van der Waals surface area contributed by atoms with E-state index in [1.165, 1.54) is 0 Å². The van der Waals surface area contributed by atoms with Gasteiger partial charge in [0.05, 0.1) is 15.3 Å². The van der Waals surface area contributed by atoms with Crippen LogP contribution in [-0.4, -0.2) is 19.7 Å². The van der Waals surface area contributed by atoms with Gasteiger partial charge in [-0.25, -0.2) is 8.42 Å². The molecule has 3 nitrogen and oxygen atoms in total. The van der Waals surface area contributed by atoms with Crippen LogP contribution in [0.15, 0.2) is 17.0 Å². The molecule has 1 aliphatic heterocycles. The van der Waals surface area contributed by atoms with E-state index >= 15 is 0 Å². The second kappa shape index (κ2) is 3.23. The molecule has 0 radical (unpaired) electrons. The lowest BCUT2D eigenvalue weighted by molar-refractivity contribution is 0.547. The Kier molecular flexibility index (Phi) is 2.31. The molecule has 0 atom stereocenters. The predicted octanol–water partition coefficient (Wildman–Crippen LogP) is 2.28. The van der Waals surface area contributed by atoms with E-state index in [-0.39, 0.29) is 0 Å². The summed E-state index contributed by atoms with van der Waals surface area (Å²) >= 11 is 0. The molecule has 0 saturated heterocycles. The lowest BCUT2D eigenvalue weighted by Crippen LogP contribution is -2.43. The third-order valence-corrected chi connectivity index (χ3v) is 5.91. The Morgan fingerprint density at radius 1 is 1.19 bits per heavy atom. The average Bonchev–Trinajstić information content (AvgIpc) is 2.16. The second-order valence-electron chi connectivity index (χ2n) is 5.02. The van der Waals surface area contributed by atoms with Gasteiger partial charge in [0.15, 0.2) is 9.84 Å². The van der Waals surface area contributed by atoms with Crippen molar-refractivity contribution in [2.24, 2.45) is 0 Å². The highest BCUT2D eigenvalue weighted by Crippen LogP contribution is 2.39. The summed E-state index contributed by atoms with van der Waals surface area (Å²) < 4.78 is 24.2. The molecule has 0 aromatic heterocycles. The number of aryl methyl sites for hydroxylation is 2. The van der Waals surface area contributed by atoms with Crippen molar-refractivity contribution in [1.29, 1.82) is 0 Å². The van der Waals surface area contributed by atoms with Crippen LogP contribution >= 0.6 is 0 Å². The minimum absolute atomic E-state index is 0.465. The fraction of sp³-hybridized carbons (Fsp3) is 0.500. The summed E-state index contributed by atoms with van der Waals surface area (Å²) in [6.07, 6.45) is 0. The first-order valence-corrected chi connectivity index (χ1v) is 6.84. The van der Waals surface area contributed by atoms with Gasteiger partial charge >= 0.3 is 0 Å². The number of hydrogen-bond donors (Lipinski definition) is 1. The van der Waals surface area contributed by atoms with Crippen LogP contribution in [0.1, 0.15) is 25.0 Å². The maximum Gasteiger partial charge on any atom is 0.187 e. The normalized spacial score (nSPS) is 21.0. The van der Waals surface area contributed by atoms with Crippen LogP contribution in [0.3, 0.4) is 0 Å². The maximum atomic E-state index is 12.5. The standard InChI is InChI=1S/C12H17NO2S/c1-8-5-6-9(2)11-10(8)13-7-12(3,4)16(11,14)15/h5-6,13H,7H2,1-4H3. The molecule has 0 spiro atoms. The molecule has 1 aromatic carbocycles. The number of nitrogens with one attached hydrogen (secondary N) is 1. The Hall–Kier alpha value is -1.03. The summed E-state index contributed by atoms with van der Waals surface area (Å²) in [6.45, 7) is 7.77. The van der Waals surface area contributed by atoms with Crippen LogP contribution in [0.2, 0.25) is 0 Å². The molecule has 1 aromatic rings. The summed E-state index contributed by atoms with van der Waals surface area (Å²) in [5, 5.41) is 3.24. The van der Waals surface area contributed by atoms with Gasteiger partial charge in [-0.1, -0.05) is 12.1 Å². The van der Waals surface area contributed by atoms with Gasteiger partial charge in [0.2, 0.25) is 0 Å². The molecular weight excluding hydrogens is 222 g/mol. The molecule has 1 aliphatic rings. The zero-order valence-corrected chi connectivity index (χ0v) is 10.9. The van der Waals surface area contributed by atoms with E-state index in [0.29, 0.717) is 11.4 Å². The second-order valence-corrected chi connectivity index (χ2v) is 7.54. The first-order valence-electron chi connectivity index (χ1n) is 5.36. The Labute approximate surface area is 96.8 Å². The van der Waals surface area contributed by atoms with Crippen LogP contribution in [0.25, 0.3) is 0 Å². The molecular formula is C12H17NO2S. The van der Waals surface area contributed by atoms with Gasteiger partial charge in [0, 0.05) is 6.54 Å². The zero-order valence-electron chi connectivity index (χ0n) is 10.1. The molecule has 0 aliphatic carbocycles. The van der Waals surface area contributed by atoms with Gasteiger partial charge in [-0.2, -0.15) is 0 Å². The first-order chi connectivity index (χ1) is 7.27. The van der Waals surface area contributed by atoms with E-state index in [1.54, 1.807) is 13.8 Å². The van der Waals surface area contributed by atoms with E-state index in [0.717, 1.165) is 16.8 Å². The highest BCUT2D eigenvalue weighted by Gasteiger charge is 2.42. The van der Waals surface area contributed by atoms with E-state index in [9.17, 15) is 8.42 Å². The quantitative estimate of drug-likeness (QED) is 0.755. The molecule has 0 amide bonds. The van der Waals surface area contributed by atoms with Gasteiger partial charge < -0.3 is 5.32 Å². The first kappa shape index (κ1) is 11.5. The average molecular weight is 239 g/mol. The number of hydrogen-bond acceptors (Lipinski definition) is 3. The molecule has 88 valence electrons. The highest BCUT2D eigenvalue weighted by atomic mass is 32.2. The summed E-state index contributed by atoms with van der Waals surface area (Å²) in [5.74, 6) is 0. The number of rotatable bonds is 0. The van der Waals surface area contributed by atoms with Crippen molar-refractivity contribution in [3.63, 3.8) is 0 Å².